The average Bonchev–Trinajstić information content (AvgIpc) is 2.99. The molecule has 6 nitrogen and oxygen atoms in total. The third-order valence-corrected chi connectivity index (χ3v) is 4.13. The molecule has 1 unspecified atom stereocenters. The molecule has 2 N–H and O–H groups in total. The summed E-state index contributed by atoms with van der Waals surface area (Å²) in [6.07, 6.45) is 1.84. The number of rotatable bonds is 3. The van der Waals surface area contributed by atoms with Crippen molar-refractivity contribution in [3.8, 4) is 0 Å². The molecule has 0 spiro atoms. The molecular weight excluding hydrogens is 347 g/mol. The summed E-state index contributed by atoms with van der Waals surface area (Å²) in [4.78, 5) is 20.1. The molecule has 2 heterocycles. The summed E-state index contributed by atoms with van der Waals surface area (Å²) in [7, 11) is 0. The lowest BCUT2D eigenvalue weighted by Gasteiger charge is -2.25. The lowest BCUT2D eigenvalue weighted by molar-refractivity contribution is -0.192. The van der Waals surface area contributed by atoms with Crippen molar-refractivity contribution in [2.45, 2.75) is 31.3 Å². The van der Waals surface area contributed by atoms with Gasteiger partial charge in [0.1, 0.15) is 0 Å². The minimum Gasteiger partial charge on any atom is -0.475 e. The summed E-state index contributed by atoms with van der Waals surface area (Å²) in [5.74, 6) is -2.76. The second-order valence-electron chi connectivity index (χ2n) is 4.87. The molecule has 1 aliphatic rings. The first-order valence-electron chi connectivity index (χ1n) is 7.04. The summed E-state index contributed by atoms with van der Waals surface area (Å²) in [6.45, 7) is 4.28. The summed E-state index contributed by atoms with van der Waals surface area (Å²) in [6, 6.07) is 1.92. The second-order valence-corrected chi connectivity index (χ2v) is 6.25. The maximum absolute atomic E-state index is 11.2. The van der Waals surface area contributed by atoms with Crippen molar-refractivity contribution in [3.05, 3.63) is 30.1 Å². The van der Waals surface area contributed by atoms with E-state index in [0.29, 0.717) is 5.25 Å². The van der Waals surface area contributed by atoms with Crippen LogP contribution in [0.25, 0.3) is 0 Å². The molecule has 134 valence electrons. The maximum Gasteiger partial charge on any atom is 0.490 e. The van der Waals surface area contributed by atoms with Crippen LogP contribution in [-0.2, 0) is 16.1 Å². The van der Waals surface area contributed by atoms with Crippen molar-refractivity contribution in [1.82, 2.24) is 15.1 Å². The minimum absolute atomic E-state index is 0.196. The monoisotopic (exact) mass is 365 g/mol. The number of thioether (sulfide) groups is 1. The van der Waals surface area contributed by atoms with E-state index in [1.54, 1.807) is 13.1 Å². The number of hydrogen-bond donors (Lipinski definition) is 2. The highest BCUT2D eigenvalue weighted by Crippen LogP contribution is 2.25. The smallest absolute Gasteiger partial charge is 0.475 e. The quantitative estimate of drug-likeness (QED) is 0.798. The number of nitrogens with one attached hydrogen (secondary N) is 1. The molecule has 0 aliphatic carbocycles. The highest BCUT2D eigenvalue weighted by atomic mass is 32.2. The highest BCUT2D eigenvalue weighted by molar-refractivity contribution is 8.14. The van der Waals surface area contributed by atoms with Crippen LogP contribution in [0.5, 0.6) is 0 Å². The number of carboxylic acids is 1. The lowest BCUT2D eigenvalue weighted by atomic mass is 10.1. The molecule has 1 saturated heterocycles. The number of hydrogen-bond acceptors (Lipinski definition) is 5. The van der Waals surface area contributed by atoms with Crippen LogP contribution >= 0.6 is 11.8 Å². The minimum atomic E-state index is -5.08. The van der Waals surface area contributed by atoms with Crippen molar-refractivity contribution in [2.75, 3.05) is 13.1 Å². The Morgan fingerprint density at radius 2 is 2.21 bits per heavy atom. The third kappa shape index (κ3) is 7.64. The predicted octanol–water partition coefficient (Wildman–Crippen LogP) is 2.08. The second kappa shape index (κ2) is 9.48. The van der Waals surface area contributed by atoms with Crippen LogP contribution in [0.3, 0.4) is 0 Å². The van der Waals surface area contributed by atoms with Gasteiger partial charge in [-0.3, -0.25) is 9.48 Å². The van der Waals surface area contributed by atoms with E-state index in [9.17, 15) is 18.0 Å². The molecule has 1 aromatic heterocycles. The van der Waals surface area contributed by atoms with Gasteiger partial charge in [-0.05, 0) is 24.6 Å². The Morgan fingerprint density at radius 1 is 1.54 bits per heavy atom. The number of aliphatic carboxylic acids is 1. The Bertz CT molecular complexity index is 574. The number of aromatic nitrogens is 2. The van der Waals surface area contributed by atoms with E-state index in [4.69, 9.17) is 9.90 Å². The summed E-state index contributed by atoms with van der Waals surface area (Å²) in [5, 5.41) is 15.2. The topological polar surface area (TPSA) is 84.2 Å². The summed E-state index contributed by atoms with van der Waals surface area (Å²) in [5.41, 5.74) is 1.31. The van der Waals surface area contributed by atoms with E-state index in [-0.39, 0.29) is 5.12 Å². The zero-order valence-electron chi connectivity index (χ0n) is 12.9. The van der Waals surface area contributed by atoms with E-state index in [2.05, 4.69) is 16.5 Å². The van der Waals surface area contributed by atoms with Crippen molar-refractivity contribution in [1.29, 1.82) is 0 Å². The van der Waals surface area contributed by atoms with Gasteiger partial charge in [-0.1, -0.05) is 17.8 Å². The lowest BCUT2D eigenvalue weighted by Crippen LogP contribution is -2.32. The van der Waals surface area contributed by atoms with E-state index in [1.165, 1.54) is 17.3 Å². The zero-order chi connectivity index (χ0) is 18.2. The van der Waals surface area contributed by atoms with Gasteiger partial charge in [0.2, 0.25) is 0 Å². The molecule has 0 aromatic carbocycles. The first-order valence-corrected chi connectivity index (χ1v) is 7.92. The van der Waals surface area contributed by atoms with Gasteiger partial charge in [0.15, 0.2) is 5.12 Å². The fraction of sp³-hybridized carbons (Fsp3) is 0.500. The first kappa shape index (κ1) is 20.2. The van der Waals surface area contributed by atoms with Crippen molar-refractivity contribution in [2.24, 2.45) is 0 Å². The number of allylic oxidation sites excluding steroid dienone is 1. The molecule has 1 aromatic rings. The standard InChI is InChI=1S/C12H17N3OS.C2HF3O2/c1-10(16)17-12-3-6-13-9-11(12)4-8-15-7-2-5-14-15;3-2(4,5)1(6)7/h2,4-5,7,12-13H,3,6,8-9H2,1H3;(H,6,7)/b11-4+;. The molecule has 10 heteroatoms. The van der Waals surface area contributed by atoms with Crippen molar-refractivity contribution >= 4 is 22.8 Å². The summed E-state index contributed by atoms with van der Waals surface area (Å²) >= 11 is 1.44. The predicted molar refractivity (Wildman–Crippen MR) is 83.5 cm³/mol. The first-order chi connectivity index (χ1) is 11.2. The SMILES string of the molecule is CC(=O)SC1CCNC/C1=C\Cn1cccn1.O=C(O)C(F)(F)F. The molecule has 0 saturated carbocycles. The Hall–Kier alpha value is -1.81. The third-order valence-electron chi connectivity index (χ3n) is 2.98. The van der Waals surface area contributed by atoms with E-state index in [0.717, 1.165) is 26.1 Å². The van der Waals surface area contributed by atoms with Crippen LogP contribution in [0.4, 0.5) is 13.2 Å². The fourth-order valence-corrected chi connectivity index (χ4v) is 2.89. The van der Waals surface area contributed by atoms with Gasteiger partial charge in [-0.25, -0.2) is 4.79 Å². The van der Waals surface area contributed by atoms with Gasteiger partial charge in [-0.15, -0.1) is 0 Å². The van der Waals surface area contributed by atoms with Crippen LogP contribution in [0, 0.1) is 0 Å². The van der Waals surface area contributed by atoms with Crippen LogP contribution < -0.4 is 5.32 Å². The van der Waals surface area contributed by atoms with Gasteiger partial charge >= 0.3 is 12.1 Å². The van der Waals surface area contributed by atoms with Crippen molar-refractivity contribution < 1.29 is 27.9 Å². The number of carbonyl (C=O) groups excluding carboxylic acids is 1. The number of nitrogens with zero attached hydrogens (tertiary/aromatic N) is 2. The number of piperidine rings is 1. The molecule has 1 atom stereocenters. The number of carbonyl (C=O) groups is 2. The zero-order valence-corrected chi connectivity index (χ0v) is 13.7. The summed E-state index contributed by atoms with van der Waals surface area (Å²) < 4.78 is 33.6. The molecule has 2 rings (SSSR count). The Balaban J connectivity index is 0.000000351. The van der Waals surface area contributed by atoms with Gasteiger partial charge in [0.25, 0.3) is 0 Å². The van der Waals surface area contributed by atoms with Crippen LogP contribution in [0.1, 0.15) is 13.3 Å². The van der Waals surface area contributed by atoms with E-state index in [1.807, 2.05) is 16.9 Å². The van der Waals surface area contributed by atoms with Gasteiger partial charge in [-0.2, -0.15) is 18.3 Å². The molecule has 0 amide bonds. The largest absolute Gasteiger partial charge is 0.490 e. The van der Waals surface area contributed by atoms with E-state index < -0.39 is 12.1 Å². The molecule has 0 bridgehead atoms. The van der Waals surface area contributed by atoms with Crippen molar-refractivity contribution in [3.63, 3.8) is 0 Å². The molecule has 1 aliphatic heterocycles. The Labute approximate surface area is 141 Å². The molecule has 24 heavy (non-hydrogen) atoms. The van der Waals surface area contributed by atoms with Crippen LogP contribution in [-0.4, -0.2) is 50.5 Å². The Kier molecular flexibility index (Phi) is 7.99. The number of carboxylic acid groups (broad SMARTS) is 1. The normalized spacial score (nSPS) is 19.5. The highest BCUT2D eigenvalue weighted by Gasteiger charge is 2.38. The molecule has 0 radical (unpaired) electrons. The average molecular weight is 365 g/mol. The fourth-order valence-electron chi connectivity index (χ4n) is 1.92. The number of alkyl halides is 3. The maximum atomic E-state index is 11.2. The van der Waals surface area contributed by atoms with Gasteiger partial charge in [0.05, 0.1) is 6.54 Å². The van der Waals surface area contributed by atoms with Crippen LogP contribution in [0.2, 0.25) is 0 Å². The molecule has 1 fully saturated rings. The Morgan fingerprint density at radius 3 is 2.71 bits per heavy atom. The van der Waals surface area contributed by atoms with Gasteiger partial charge < -0.3 is 10.4 Å². The van der Waals surface area contributed by atoms with E-state index >= 15 is 0 Å². The molecular formula is C14H18F3N3O3S. The van der Waals surface area contributed by atoms with Gasteiger partial charge in [0, 0.05) is 31.1 Å². The van der Waals surface area contributed by atoms with Crippen LogP contribution in [0.15, 0.2) is 30.1 Å². The number of halogens is 3.